The third-order valence-corrected chi connectivity index (χ3v) is 6.21. The maximum atomic E-state index is 6.19. The maximum Gasteiger partial charge on any atom is 0.213 e. The molecule has 0 bridgehead atoms. The van der Waals surface area contributed by atoms with Crippen LogP contribution in [0.3, 0.4) is 0 Å². The van der Waals surface area contributed by atoms with Gasteiger partial charge in [0.2, 0.25) is 5.88 Å². The molecule has 1 aromatic rings. The highest BCUT2D eigenvalue weighted by Crippen LogP contribution is 2.31. The van der Waals surface area contributed by atoms with Crippen LogP contribution in [-0.4, -0.2) is 67.3 Å². The number of nitrogens with one attached hydrogen (secondary N) is 1. The van der Waals surface area contributed by atoms with Crippen molar-refractivity contribution < 1.29 is 4.74 Å². The Labute approximate surface area is 213 Å². The number of allylic oxidation sites excluding steroid dienone is 1. The van der Waals surface area contributed by atoms with Crippen LogP contribution in [0.25, 0.3) is 0 Å². The fourth-order valence-electron chi connectivity index (χ4n) is 3.24. The van der Waals surface area contributed by atoms with Gasteiger partial charge >= 0.3 is 0 Å². The summed E-state index contributed by atoms with van der Waals surface area (Å²) in [7, 11) is 0. The Kier molecular flexibility index (Phi) is 15.3. The molecule has 7 nitrogen and oxygen atoms in total. The lowest BCUT2D eigenvalue weighted by Gasteiger charge is -2.25. The number of rotatable bonds is 9. The molecule has 0 amide bonds. The molecule has 186 valence electrons. The molecule has 0 aromatic carbocycles. The van der Waals surface area contributed by atoms with Crippen molar-refractivity contribution in [2.45, 2.75) is 26.7 Å². The number of piperazine rings is 1. The molecule has 33 heavy (non-hydrogen) atoms. The molecule has 0 atom stereocenters. The molecule has 0 radical (unpaired) electrons. The van der Waals surface area contributed by atoms with Gasteiger partial charge < -0.3 is 25.7 Å². The normalized spacial score (nSPS) is 17.1. The first-order chi connectivity index (χ1) is 16.0. The van der Waals surface area contributed by atoms with Gasteiger partial charge in [0, 0.05) is 61.6 Å². The van der Waals surface area contributed by atoms with E-state index in [1.807, 2.05) is 13.0 Å². The van der Waals surface area contributed by atoms with Crippen LogP contribution in [0.1, 0.15) is 26.7 Å². The predicted octanol–water partition coefficient (Wildman–Crippen LogP) is 3.92. The monoisotopic (exact) mass is 542 g/mol. The molecule has 0 spiro atoms. The molecule has 2 fully saturated rings. The van der Waals surface area contributed by atoms with Gasteiger partial charge in [-0.15, -0.1) is 13.2 Å². The first-order valence-electron chi connectivity index (χ1n) is 11.4. The van der Waals surface area contributed by atoms with Gasteiger partial charge in [0.05, 0.1) is 10.7 Å². The summed E-state index contributed by atoms with van der Waals surface area (Å²) in [4.78, 5) is 6.56. The summed E-state index contributed by atoms with van der Waals surface area (Å²) in [6.45, 7) is 17.7. The largest absolute Gasteiger partial charge is 0.472 e. The van der Waals surface area contributed by atoms with E-state index < -0.39 is 0 Å². The summed E-state index contributed by atoms with van der Waals surface area (Å²) < 4.78 is 6.51. The number of aromatic nitrogens is 1. The van der Waals surface area contributed by atoms with Crippen LogP contribution in [0.2, 0.25) is 5.02 Å². The van der Waals surface area contributed by atoms with Crippen molar-refractivity contribution in [2.75, 3.05) is 52.4 Å². The zero-order chi connectivity index (χ0) is 24.6. The number of hydrogen-bond donors (Lipinski definition) is 3. The van der Waals surface area contributed by atoms with E-state index in [1.54, 1.807) is 23.3 Å². The molecule has 0 unspecified atom stereocenters. The molecule has 1 saturated carbocycles. The van der Waals surface area contributed by atoms with Crippen LogP contribution in [0.5, 0.6) is 5.88 Å². The molecule has 5 N–H and O–H groups in total. The molecular weight excluding hydrogens is 504 g/mol. The number of nitrogens with two attached hydrogens (primary N) is 2. The zero-order valence-corrected chi connectivity index (χ0v) is 22.4. The van der Waals surface area contributed by atoms with Gasteiger partial charge in [-0.2, -0.15) is 0 Å². The van der Waals surface area contributed by atoms with Crippen LogP contribution in [0.4, 0.5) is 0 Å². The first-order valence-corrected chi connectivity index (χ1v) is 12.6. The van der Waals surface area contributed by atoms with Crippen molar-refractivity contribution in [3.63, 3.8) is 0 Å². The third-order valence-electron chi connectivity index (χ3n) is 5.28. The number of hydrogen-bond acceptors (Lipinski definition) is 7. The Hall–Kier alpha value is -1.42. The fourth-order valence-corrected chi connectivity index (χ4v) is 3.84. The quantitative estimate of drug-likeness (QED) is 0.188. The second kappa shape index (κ2) is 17.1. The lowest BCUT2D eigenvalue weighted by Crippen LogP contribution is -2.43. The standard InChI is InChI=1S/C16H22BrClN4O.C6H14N2.C2H4/c1-2-15(22(20)9-11-3-4-11)13(7-19)14(17)10-23-16-6-5-12(18)8-21-16;1-2-8-5-3-7-4-6-8;1-2/h2,5-6,8,11H,3-4,7,9-10,19-20H2,1H3;7H,2-6H2,1H3;1-2H2/b14-13+,15-2+;;. The third kappa shape index (κ3) is 11.5. The van der Waals surface area contributed by atoms with Gasteiger partial charge in [0.15, 0.2) is 0 Å². The maximum absolute atomic E-state index is 6.19. The van der Waals surface area contributed by atoms with Gasteiger partial charge in [-0.05, 0) is 38.3 Å². The van der Waals surface area contributed by atoms with Crippen molar-refractivity contribution in [2.24, 2.45) is 17.5 Å². The number of ether oxygens (including phenoxy) is 1. The van der Waals surface area contributed by atoms with Gasteiger partial charge in [0.25, 0.3) is 0 Å². The van der Waals surface area contributed by atoms with E-state index in [1.165, 1.54) is 45.6 Å². The van der Waals surface area contributed by atoms with Crippen LogP contribution in [0, 0.1) is 5.92 Å². The molecule has 1 aromatic heterocycles. The number of likely N-dealkylation sites (N-methyl/N-ethyl adjacent to an activating group) is 1. The van der Waals surface area contributed by atoms with E-state index >= 15 is 0 Å². The topological polar surface area (TPSA) is 92.7 Å². The van der Waals surface area contributed by atoms with Crippen molar-refractivity contribution in [1.29, 1.82) is 0 Å². The van der Waals surface area contributed by atoms with E-state index in [2.05, 4.69) is 51.2 Å². The van der Waals surface area contributed by atoms with Crippen molar-refractivity contribution in [3.05, 3.63) is 58.3 Å². The Bertz CT molecular complexity index is 733. The minimum atomic E-state index is 0.329. The molecule has 2 aliphatic rings. The highest BCUT2D eigenvalue weighted by Gasteiger charge is 2.25. The van der Waals surface area contributed by atoms with E-state index in [-0.39, 0.29) is 0 Å². The van der Waals surface area contributed by atoms with Crippen molar-refractivity contribution in [3.8, 4) is 5.88 Å². The summed E-state index contributed by atoms with van der Waals surface area (Å²) in [6.07, 6.45) is 6.02. The van der Waals surface area contributed by atoms with Crippen molar-refractivity contribution in [1.82, 2.24) is 20.2 Å². The highest BCUT2D eigenvalue weighted by molar-refractivity contribution is 9.11. The molecule has 3 rings (SSSR count). The van der Waals surface area contributed by atoms with E-state index in [0.717, 1.165) is 22.3 Å². The lowest BCUT2D eigenvalue weighted by molar-refractivity contribution is 0.253. The van der Waals surface area contributed by atoms with Crippen LogP contribution in [0.15, 0.2) is 53.3 Å². The predicted molar refractivity (Wildman–Crippen MR) is 143 cm³/mol. The second-order valence-electron chi connectivity index (χ2n) is 7.64. The van der Waals surface area contributed by atoms with Crippen LogP contribution >= 0.6 is 27.5 Å². The second-order valence-corrected chi connectivity index (χ2v) is 9.04. The SMILES string of the molecule is C/C=C(\C(CN)=C(\Br)COc1ccc(Cl)cn1)N(N)CC1CC1.C=C.CCN1CCNCC1. The molecule has 9 heteroatoms. The zero-order valence-electron chi connectivity index (χ0n) is 20.0. The average Bonchev–Trinajstić information content (AvgIpc) is 3.68. The lowest BCUT2D eigenvalue weighted by atomic mass is 10.1. The number of halogens is 2. The Morgan fingerprint density at radius 1 is 1.36 bits per heavy atom. The number of hydrazine groups is 1. The number of pyridine rings is 1. The smallest absolute Gasteiger partial charge is 0.213 e. The Morgan fingerprint density at radius 3 is 2.48 bits per heavy atom. The van der Waals surface area contributed by atoms with Crippen LogP contribution < -0.4 is 21.6 Å². The summed E-state index contributed by atoms with van der Waals surface area (Å²) in [6, 6.07) is 3.46. The van der Waals surface area contributed by atoms with Gasteiger partial charge in [-0.3, -0.25) is 0 Å². The summed E-state index contributed by atoms with van der Waals surface area (Å²) in [5, 5.41) is 5.66. The summed E-state index contributed by atoms with van der Waals surface area (Å²) >= 11 is 9.37. The molecular formula is C24H40BrClN6O. The van der Waals surface area contributed by atoms with Gasteiger partial charge in [-0.1, -0.05) is 40.5 Å². The fraction of sp³-hybridized carbons (Fsp3) is 0.542. The molecule has 1 saturated heterocycles. The summed E-state index contributed by atoms with van der Waals surface area (Å²) in [5.41, 5.74) is 7.79. The Morgan fingerprint density at radius 2 is 2.03 bits per heavy atom. The molecule has 1 aliphatic heterocycles. The van der Waals surface area contributed by atoms with Gasteiger partial charge in [-0.25, -0.2) is 10.8 Å². The first kappa shape index (κ1) is 29.6. The highest BCUT2D eigenvalue weighted by atomic mass is 79.9. The average molecular weight is 544 g/mol. The van der Waals surface area contributed by atoms with E-state index in [0.29, 0.717) is 30.0 Å². The molecule has 2 heterocycles. The van der Waals surface area contributed by atoms with Crippen molar-refractivity contribution >= 4 is 27.5 Å². The summed E-state index contributed by atoms with van der Waals surface area (Å²) in [5.74, 6) is 7.40. The molecule has 1 aliphatic carbocycles. The van der Waals surface area contributed by atoms with E-state index in [9.17, 15) is 0 Å². The number of nitrogens with zero attached hydrogens (tertiary/aromatic N) is 3. The minimum absolute atomic E-state index is 0.329. The Balaban J connectivity index is 0.000000454. The van der Waals surface area contributed by atoms with Crippen LogP contribution in [-0.2, 0) is 0 Å². The minimum Gasteiger partial charge on any atom is -0.472 e. The van der Waals surface area contributed by atoms with Gasteiger partial charge in [0.1, 0.15) is 6.61 Å². The van der Waals surface area contributed by atoms with E-state index in [4.69, 9.17) is 27.9 Å².